The van der Waals surface area contributed by atoms with E-state index in [9.17, 15) is 14.7 Å². The molecule has 1 fully saturated rings. The predicted octanol–water partition coefficient (Wildman–Crippen LogP) is 2.50. The van der Waals surface area contributed by atoms with Gasteiger partial charge in [-0.2, -0.15) is 0 Å². The first-order valence-corrected chi connectivity index (χ1v) is 10.2. The Hall–Kier alpha value is -2.84. The number of ether oxygens (including phenoxy) is 2. The van der Waals surface area contributed by atoms with Crippen LogP contribution in [0.15, 0.2) is 41.3 Å². The number of rotatable bonds is 5. The number of nitrogens with zero attached hydrogens (tertiary/aromatic N) is 2. The quantitative estimate of drug-likeness (QED) is 0.460. The van der Waals surface area contributed by atoms with E-state index < -0.39 is 17.7 Å². The summed E-state index contributed by atoms with van der Waals surface area (Å²) in [6.07, 6.45) is 0. The number of aliphatic hydroxyl groups excluding tert-OH is 1. The van der Waals surface area contributed by atoms with Crippen LogP contribution in [-0.4, -0.2) is 67.0 Å². The van der Waals surface area contributed by atoms with Gasteiger partial charge in [0, 0.05) is 23.5 Å². The van der Waals surface area contributed by atoms with Crippen LogP contribution in [-0.2, 0) is 9.59 Å². The van der Waals surface area contributed by atoms with E-state index in [1.165, 1.54) is 16.2 Å². The van der Waals surface area contributed by atoms with Gasteiger partial charge in [0.2, 0.25) is 0 Å². The molecule has 1 N–H and O–H groups in total. The number of likely N-dealkylation sites (tertiary alicyclic amines) is 1. The molecule has 2 aromatic rings. The molecule has 8 heteroatoms. The number of benzene rings is 1. The van der Waals surface area contributed by atoms with Crippen molar-refractivity contribution in [1.82, 2.24) is 9.80 Å². The van der Waals surface area contributed by atoms with Crippen molar-refractivity contribution in [3.8, 4) is 11.5 Å². The summed E-state index contributed by atoms with van der Waals surface area (Å²) < 4.78 is 11.1. The molecule has 1 aromatic heterocycles. The largest absolute Gasteiger partial charge is 0.507 e. The van der Waals surface area contributed by atoms with Crippen molar-refractivity contribution >= 4 is 28.8 Å². The highest BCUT2D eigenvalue weighted by molar-refractivity contribution is 7.10. The van der Waals surface area contributed by atoms with Gasteiger partial charge in [-0.1, -0.05) is 6.07 Å². The van der Waals surface area contributed by atoms with E-state index in [0.717, 1.165) is 4.88 Å². The van der Waals surface area contributed by atoms with Crippen LogP contribution in [0.25, 0.3) is 5.76 Å². The summed E-state index contributed by atoms with van der Waals surface area (Å²) >= 11 is 1.45. The van der Waals surface area contributed by atoms with Gasteiger partial charge in [0.1, 0.15) is 19.0 Å². The summed E-state index contributed by atoms with van der Waals surface area (Å²) in [5.74, 6) is -0.367. The van der Waals surface area contributed by atoms with Gasteiger partial charge >= 0.3 is 0 Å². The van der Waals surface area contributed by atoms with Gasteiger partial charge in [0.25, 0.3) is 11.7 Å². The molecule has 2 aliphatic heterocycles. The van der Waals surface area contributed by atoms with Crippen LogP contribution < -0.4 is 9.47 Å². The van der Waals surface area contributed by atoms with E-state index in [0.29, 0.717) is 43.4 Å². The van der Waals surface area contributed by atoms with Gasteiger partial charge < -0.3 is 24.4 Å². The number of Topliss-reactive ketones (excluding diaryl/α,β-unsaturated/α-hetero) is 1. The van der Waals surface area contributed by atoms with E-state index in [4.69, 9.17) is 9.47 Å². The molecule has 1 atom stereocenters. The first-order valence-electron chi connectivity index (χ1n) is 9.34. The Balaban J connectivity index is 1.79. The van der Waals surface area contributed by atoms with E-state index in [-0.39, 0.29) is 11.3 Å². The van der Waals surface area contributed by atoms with Gasteiger partial charge in [0.05, 0.1) is 11.6 Å². The van der Waals surface area contributed by atoms with Crippen molar-refractivity contribution in [2.45, 2.75) is 6.04 Å². The van der Waals surface area contributed by atoms with Crippen LogP contribution in [0.2, 0.25) is 0 Å². The lowest BCUT2D eigenvalue weighted by molar-refractivity contribution is -0.140. The summed E-state index contributed by atoms with van der Waals surface area (Å²) in [5.41, 5.74) is 0.522. The van der Waals surface area contributed by atoms with Crippen LogP contribution >= 0.6 is 11.3 Å². The minimum Gasteiger partial charge on any atom is -0.507 e. The molecule has 1 saturated heterocycles. The molecule has 1 aromatic carbocycles. The number of hydrogen-bond donors (Lipinski definition) is 1. The number of fused-ring (bicyclic) bond motifs is 1. The van der Waals surface area contributed by atoms with Crippen LogP contribution in [0.4, 0.5) is 0 Å². The van der Waals surface area contributed by atoms with E-state index >= 15 is 0 Å². The molecule has 0 aliphatic carbocycles. The number of carbonyl (C=O) groups is 2. The molecule has 152 valence electrons. The number of likely N-dealkylation sites (N-methyl/N-ethyl adjacent to an activating group) is 1. The molecule has 4 rings (SSSR count). The Bertz CT molecular complexity index is 967. The Morgan fingerprint density at radius 1 is 1.21 bits per heavy atom. The Kier molecular flexibility index (Phi) is 5.29. The first-order chi connectivity index (χ1) is 14.0. The zero-order chi connectivity index (χ0) is 20.5. The average Bonchev–Trinajstić information content (AvgIpc) is 3.33. The first kappa shape index (κ1) is 19.5. The summed E-state index contributed by atoms with van der Waals surface area (Å²) in [5, 5.41) is 12.9. The van der Waals surface area contributed by atoms with E-state index in [2.05, 4.69) is 0 Å². The molecule has 7 nitrogen and oxygen atoms in total. The second-order valence-corrected chi connectivity index (χ2v) is 8.15. The Morgan fingerprint density at radius 2 is 1.97 bits per heavy atom. The molecule has 29 heavy (non-hydrogen) atoms. The lowest BCUT2D eigenvalue weighted by Crippen LogP contribution is -2.35. The fourth-order valence-corrected chi connectivity index (χ4v) is 4.35. The molecule has 0 saturated carbocycles. The van der Waals surface area contributed by atoms with Crippen molar-refractivity contribution in [3.05, 3.63) is 51.7 Å². The number of hydrogen-bond acceptors (Lipinski definition) is 7. The molecule has 0 radical (unpaired) electrons. The second kappa shape index (κ2) is 7.88. The van der Waals surface area contributed by atoms with Crippen LogP contribution in [0.1, 0.15) is 16.5 Å². The highest BCUT2D eigenvalue weighted by Gasteiger charge is 2.46. The third-order valence-electron chi connectivity index (χ3n) is 4.96. The Labute approximate surface area is 172 Å². The van der Waals surface area contributed by atoms with Crippen LogP contribution in [0.3, 0.4) is 0 Å². The summed E-state index contributed by atoms with van der Waals surface area (Å²) in [4.78, 5) is 30.0. The number of amides is 1. The van der Waals surface area contributed by atoms with Crippen LogP contribution in [0.5, 0.6) is 11.5 Å². The van der Waals surface area contributed by atoms with E-state index in [1.54, 1.807) is 18.2 Å². The minimum absolute atomic E-state index is 0.105. The smallest absolute Gasteiger partial charge is 0.295 e. The van der Waals surface area contributed by atoms with Gasteiger partial charge in [-0.3, -0.25) is 9.59 Å². The normalized spacial score (nSPS) is 20.5. The van der Waals surface area contributed by atoms with Crippen molar-refractivity contribution in [2.75, 3.05) is 40.4 Å². The standard InChI is InChI=1S/C21H22N2O5S/c1-22(2)7-8-23-18(16-4-3-11-29-16)17(20(25)21(23)26)19(24)13-5-6-14-15(12-13)28-10-9-27-14/h3-6,11-12,18,24H,7-10H2,1-2H3/b19-17+/t18-/m0/s1. The fourth-order valence-electron chi connectivity index (χ4n) is 3.51. The topological polar surface area (TPSA) is 79.3 Å². The molecule has 0 bridgehead atoms. The molecule has 1 amide bonds. The third kappa shape index (κ3) is 3.61. The zero-order valence-corrected chi connectivity index (χ0v) is 17.1. The summed E-state index contributed by atoms with van der Waals surface area (Å²) in [6, 6.07) is 8.15. The fraction of sp³-hybridized carbons (Fsp3) is 0.333. The van der Waals surface area contributed by atoms with Gasteiger partial charge in [0.15, 0.2) is 11.5 Å². The summed E-state index contributed by atoms with van der Waals surface area (Å²) in [6.45, 7) is 1.88. The molecule has 3 heterocycles. The van der Waals surface area contributed by atoms with Gasteiger partial charge in [-0.25, -0.2) is 0 Å². The SMILES string of the molecule is CN(C)CCN1C(=O)C(=O)/C(=C(/O)c2ccc3c(c2)OCCO3)[C@@H]1c1cccs1. The maximum Gasteiger partial charge on any atom is 0.295 e. The van der Waals surface area contributed by atoms with Crippen molar-refractivity contribution in [2.24, 2.45) is 0 Å². The molecule has 2 aliphatic rings. The van der Waals surface area contributed by atoms with Gasteiger partial charge in [-0.15, -0.1) is 11.3 Å². The van der Waals surface area contributed by atoms with Crippen molar-refractivity contribution < 1.29 is 24.2 Å². The maximum absolute atomic E-state index is 12.9. The van der Waals surface area contributed by atoms with Crippen molar-refractivity contribution in [3.63, 3.8) is 0 Å². The molecular weight excluding hydrogens is 392 g/mol. The van der Waals surface area contributed by atoms with Gasteiger partial charge in [-0.05, 0) is 43.7 Å². The third-order valence-corrected chi connectivity index (χ3v) is 5.88. The second-order valence-electron chi connectivity index (χ2n) is 7.17. The average molecular weight is 414 g/mol. The Morgan fingerprint density at radius 3 is 2.66 bits per heavy atom. The molecule has 0 spiro atoms. The predicted molar refractivity (Wildman–Crippen MR) is 109 cm³/mol. The minimum atomic E-state index is -0.672. The lowest BCUT2D eigenvalue weighted by Gasteiger charge is -2.25. The highest BCUT2D eigenvalue weighted by atomic mass is 32.1. The zero-order valence-electron chi connectivity index (χ0n) is 16.3. The van der Waals surface area contributed by atoms with Crippen LogP contribution in [0, 0.1) is 0 Å². The summed E-state index contributed by atoms with van der Waals surface area (Å²) in [7, 11) is 3.82. The number of aliphatic hydroxyl groups is 1. The molecule has 0 unspecified atom stereocenters. The number of ketones is 1. The monoisotopic (exact) mass is 414 g/mol. The number of thiophene rings is 1. The lowest BCUT2D eigenvalue weighted by atomic mass is 9.99. The highest BCUT2D eigenvalue weighted by Crippen LogP contribution is 2.42. The maximum atomic E-state index is 12.9. The molecular formula is C21H22N2O5S. The van der Waals surface area contributed by atoms with E-state index in [1.807, 2.05) is 36.5 Å². The number of carbonyl (C=O) groups excluding carboxylic acids is 2. The van der Waals surface area contributed by atoms with Crippen molar-refractivity contribution in [1.29, 1.82) is 0 Å².